The lowest BCUT2D eigenvalue weighted by Gasteiger charge is -2.16. The SMILES string of the molecule is CC(C)(C)C(=O)Nc1cc2c(=O)n(C#CCCC(=O)N[C@@H](CCC(=O)O)C(=O)O)cnc2[nH]1. The van der Waals surface area contributed by atoms with Gasteiger partial charge in [0.25, 0.3) is 5.56 Å². The molecule has 2 aromatic rings. The molecule has 0 radical (unpaired) electrons. The van der Waals surface area contributed by atoms with Crippen molar-refractivity contribution in [3.05, 3.63) is 22.7 Å². The molecule has 33 heavy (non-hydrogen) atoms. The van der Waals surface area contributed by atoms with Gasteiger partial charge in [-0.2, -0.15) is 0 Å². The molecule has 2 aromatic heterocycles. The van der Waals surface area contributed by atoms with Crippen molar-refractivity contribution in [2.75, 3.05) is 5.32 Å². The first-order valence-corrected chi connectivity index (χ1v) is 10.0. The third-order valence-corrected chi connectivity index (χ3v) is 4.43. The number of hydrogen-bond acceptors (Lipinski definition) is 6. The summed E-state index contributed by atoms with van der Waals surface area (Å²) in [5, 5.41) is 22.8. The number of fused-ring (bicyclic) bond motifs is 1. The molecule has 5 N–H and O–H groups in total. The van der Waals surface area contributed by atoms with Crippen LogP contribution in [0.2, 0.25) is 0 Å². The maximum Gasteiger partial charge on any atom is 0.326 e. The van der Waals surface area contributed by atoms with Crippen LogP contribution in [0.25, 0.3) is 11.0 Å². The third kappa shape index (κ3) is 7.20. The Kier molecular flexibility index (Phi) is 7.95. The molecular weight excluding hydrogens is 434 g/mol. The number of carbonyl (C=O) groups is 4. The number of nitrogens with one attached hydrogen (secondary N) is 3. The fourth-order valence-corrected chi connectivity index (χ4v) is 2.57. The minimum Gasteiger partial charge on any atom is -0.481 e. The highest BCUT2D eigenvalue weighted by Gasteiger charge is 2.22. The summed E-state index contributed by atoms with van der Waals surface area (Å²) < 4.78 is 1.04. The van der Waals surface area contributed by atoms with E-state index in [1.807, 2.05) is 0 Å². The number of H-pyrrole nitrogens is 1. The van der Waals surface area contributed by atoms with Crippen LogP contribution in [-0.4, -0.2) is 54.5 Å². The van der Waals surface area contributed by atoms with Crippen molar-refractivity contribution >= 4 is 40.6 Å². The summed E-state index contributed by atoms with van der Waals surface area (Å²) in [6.45, 7) is 5.26. The molecule has 0 aromatic carbocycles. The van der Waals surface area contributed by atoms with Crippen LogP contribution in [0.15, 0.2) is 17.2 Å². The highest BCUT2D eigenvalue weighted by molar-refractivity contribution is 5.96. The summed E-state index contributed by atoms with van der Waals surface area (Å²) in [6.07, 6.45) is 0.465. The summed E-state index contributed by atoms with van der Waals surface area (Å²) in [5.74, 6) is -0.363. The highest BCUT2D eigenvalue weighted by Crippen LogP contribution is 2.18. The van der Waals surface area contributed by atoms with E-state index in [4.69, 9.17) is 10.2 Å². The minimum absolute atomic E-state index is 0.0294. The summed E-state index contributed by atoms with van der Waals surface area (Å²) >= 11 is 0. The van der Waals surface area contributed by atoms with Gasteiger partial charge in [0, 0.05) is 30.7 Å². The zero-order chi connectivity index (χ0) is 24.8. The zero-order valence-corrected chi connectivity index (χ0v) is 18.4. The quantitative estimate of drug-likeness (QED) is 0.358. The molecule has 0 aliphatic carbocycles. The van der Waals surface area contributed by atoms with E-state index in [0.29, 0.717) is 5.82 Å². The van der Waals surface area contributed by atoms with Gasteiger partial charge in [0.05, 0.1) is 5.39 Å². The van der Waals surface area contributed by atoms with Crippen molar-refractivity contribution in [2.24, 2.45) is 5.41 Å². The number of rotatable bonds is 8. The first-order chi connectivity index (χ1) is 15.4. The molecule has 2 amide bonds. The number of aromatic nitrogens is 3. The molecule has 0 bridgehead atoms. The van der Waals surface area contributed by atoms with Crippen LogP contribution in [0.5, 0.6) is 0 Å². The molecule has 0 fully saturated rings. The Morgan fingerprint density at radius 1 is 1.21 bits per heavy atom. The van der Waals surface area contributed by atoms with E-state index in [1.54, 1.807) is 20.8 Å². The standard InChI is InChI=1S/C21H25N5O7/c1-21(2,3)20(33)25-14-10-12-17(24-14)22-11-26(18(12)30)9-5-4-6-15(27)23-13(19(31)32)7-8-16(28)29/h10-11,13,24H,4,6-8H2,1-3H3,(H,23,27)(H,25,33)(H,28,29)(H,31,32)/t13-/m0/s1. The lowest BCUT2D eigenvalue weighted by Crippen LogP contribution is -2.40. The second-order valence-corrected chi connectivity index (χ2v) is 8.25. The number of nitrogens with zero attached hydrogens (tertiary/aromatic N) is 2. The van der Waals surface area contributed by atoms with E-state index in [2.05, 4.69) is 32.6 Å². The Hall–Kier alpha value is -4.14. The van der Waals surface area contributed by atoms with Gasteiger partial charge in [-0.3, -0.25) is 19.2 Å². The highest BCUT2D eigenvalue weighted by atomic mass is 16.4. The lowest BCUT2D eigenvalue weighted by atomic mass is 9.96. The van der Waals surface area contributed by atoms with E-state index in [-0.39, 0.29) is 36.2 Å². The van der Waals surface area contributed by atoms with Crippen molar-refractivity contribution in [3.63, 3.8) is 0 Å². The Bertz CT molecular complexity index is 1190. The number of anilines is 1. The minimum atomic E-state index is -1.33. The molecule has 0 saturated heterocycles. The van der Waals surface area contributed by atoms with Crippen LogP contribution in [0, 0.1) is 17.4 Å². The molecule has 2 heterocycles. The second kappa shape index (κ2) is 10.4. The molecule has 0 spiro atoms. The molecule has 0 aliphatic rings. The average Bonchev–Trinajstić information content (AvgIpc) is 3.12. The van der Waals surface area contributed by atoms with Crippen molar-refractivity contribution < 1.29 is 29.4 Å². The van der Waals surface area contributed by atoms with Gasteiger partial charge < -0.3 is 25.8 Å². The zero-order valence-electron chi connectivity index (χ0n) is 18.4. The molecule has 0 aliphatic heterocycles. The monoisotopic (exact) mass is 459 g/mol. The van der Waals surface area contributed by atoms with Gasteiger partial charge >= 0.3 is 11.9 Å². The number of amides is 2. The maximum absolute atomic E-state index is 12.6. The van der Waals surface area contributed by atoms with E-state index in [1.165, 1.54) is 12.4 Å². The Morgan fingerprint density at radius 3 is 2.52 bits per heavy atom. The van der Waals surface area contributed by atoms with Crippen LogP contribution in [-0.2, 0) is 19.2 Å². The van der Waals surface area contributed by atoms with E-state index in [0.717, 1.165) is 4.57 Å². The summed E-state index contributed by atoms with van der Waals surface area (Å²) in [7, 11) is 0. The normalized spacial score (nSPS) is 11.8. The molecule has 1 atom stereocenters. The molecule has 0 saturated carbocycles. The summed E-state index contributed by atoms with van der Waals surface area (Å²) in [6, 6.07) is 2.72. The fraction of sp³-hybridized carbons (Fsp3) is 0.429. The molecule has 176 valence electrons. The first kappa shape index (κ1) is 25.1. The number of hydrogen-bond donors (Lipinski definition) is 5. The third-order valence-electron chi connectivity index (χ3n) is 4.43. The van der Waals surface area contributed by atoms with Gasteiger partial charge in [0.15, 0.2) is 0 Å². The summed E-state index contributed by atoms with van der Waals surface area (Å²) in [5.41, 5.74) is -0.810. The van der Waals surface area contributed by atoms with Crippen LogP contribution < -0.4 is 16.2 Å². The van der Waals surface area contributed by atoms with Crippen molar-refractivity contribution in [2.45, 2.75) is 52.5 Å². The number of carbonyl (C=O) groups excluding carboxylic acids is 2. The number of aromatic amines is 1. The Balaban J connectivity index is 2.02. The number of carboxylic acids is 2. The predicted octanol–water partition coefficient (Wildman–Crippen LogP) is 0.733. The fourth-order valence-electron chi connectivity index (χ4n) is 2.57. The molecule has 12 nitrogen and oxygen atoms in total. The molecule has 2 rings (SSSR count). The van der Waals surface area contributed by atoms with Crippen LogP contribution in [0.4, 0.5) is 5.82 Å². The van der Waals surface area contributed by atoms with Crippen molar-refractivity contribution in [3.8, 4) is 12.0 Å². The van der Waals surface area contributed by atoms with Gasteiger partial charge in [0.1, 0.15) is 23.8 Å². The molecule has 12 heteroatoms. The van der Waals surface area contributed by atoms with Crippen molar-refractivity contribution in [1.82, 2.24) is 19.9 Å². The Labute approximate surface area is 188 Å². The van der Waals surface area contributed by atoms with Gasteiger partial charge in [-0.05, 0) is 12.5 Å². The maximum atomic E-state index is 12.6. The van der Waals surface area contributed by atoms with Gasteiger partial charge in [0.2, 0.25) is 11.8 Å². The molecule has 0 unspecified atom stereocenters. The topological polar surface area (TPSA) is 183 Å². The van der Waals surface area contributed by atoms with E-state index in [9.17, 15) is 24.0 Å². The van der Waals surface area contributed by atoms with Crippen LogP contribution in [0.3, 0.4) is 0 Å². The van der Waals surface area contributed by atoms with Crippen molar-refractivity contribution in [1.29, 1.82) is 0 Å². The largest absolute Gasteiger partial charge is 0.481 e. The average molecular weight is 459 g/mol. The predicted molar refractivity (Wildman–Crippen MR) is 117 cm³/mol. The smallest absolute Gasteiger partial charge is 0.326 e. The van der Waals surface area contributed by atoms with Crippen LogP contribution >= 0.6 is 0 Å². The number of aliphatic carboxylic acids is 2. The van der Waals surface area contributed by atoms with Gasteiger partial charge in [-0.25, -0.2) is 14.3 Å². The van der Waals surface area contributed by atoms with Gasteiger partial charge in [-0.1, -0.05) is 26.7 Å². The lowest BCUT2D eigenvalue weighted by molar-refractivity contribution is -0.143. The Morgan fingerprint density at radius 2 is 1.91 bits per heavy atom. The first-order valence-electron chi connectivity index (χ1n) is 10.0. The molecular formula is C21H25N5O7. The van der Waals surface area contributed by atoms with E-state index >= 15 is 0 Å². The van der Waals surface area contributed by atoms with Gasteiger partial charge in [-0.15, -0.1) is 0 Å². The van der Waals surface area contributed by atoms with E-state index < -0.39 is 41.3 Å². The number of carboxylic acid groups (broad SMARTS) is 2. The van der Waals surface area contributed by atoms with Crippen LogP contribution in [0.1, 0.15) is 46.5 Å². The summed E-state index contributed by atoms with van der Waals surface area (Å²) in [4.78, 5) is 65.3. The second-order valence-electron chi connectivity index (χ2n) is 8.25.